The maximum atomic E-state index is 12.7. The van der Waals surface area contributed by atoms with Gasteiger partial charge in [-0.1, -0.05) is 157 Å². The SMILES string of the molecule is CC/C=C\C/C=C\C/C=C\C/C=C\C/C=C\CCCC(=O)OC(COC(=O)CCCCCCCCCCC/C=C\C/C=C\CCCCC)COC(OCC[N+](C)(C)C)C(=O)[O-]. The summed E-state index contributed by atoms with van der Waals surface area (Å²) in [4.78, 5) is 37.0. The van der Waals surface area contributed by atoms with Gasteiger partial charge in [-0.15, -0.1) is 0 Å². The average molecular weight is 854 g/mol. The zero-order valence-corrected chi connectivity index (χ0v) is 39.2. The van der Waals surface area contributed by atoms with Crippen molar-refractivity contribution in [3.05, 3.63) is 85.1 Å². The van der Waals surface area contributed by atoms with E-state index in [1.807, 2.05) is 27.2 Å². The molecule has 0 aromatic carbocycles. The van der Waals surface area contributed by atoms with Gasteiger partial charge in [-0.3, -0.25) is 9.59 Å². The molecular weight excluding hydrogens is 767 g/mol. The number of carbonyl (C=O) groups is 3. The van der Waals surface area contributed by atoms with Gasteiger partial charge < -0.3 is 33.3 Å². The predicted molar refractivity (Wildman–Crippen MR) is 251 cm³/mol. The Morgan fingerprint density at radius 2 is 0.951 bits per heavy atom. The molecule has 0 N–H and O–H groups in total. The van der Waals surface area contributed by atoms with Crippen LogP contribution in [0.5, 0.6) is 0 Å². The Balaban J connectivity index is 4.50. The number of quaternary nitrogens is 1. The van der Waals surface area contributed by atoms with E-state index in [1.54, 1.807) is 0 Å². The van der Waals surface area contributed by atoms with Crippen LogP contribution < -0.4 is 5.11 Å². The fraction of sp³-hybridized carbons (Fsp3) is 0.673. The van der Waals surface area contributed by atoms with E-state index in [4.69, 9.17) is 18.9 Å². The largest absolute Gasteiger partial charge is 0.545 e. The molecule has 0 aliphatic heterocycles. The fourth-order valence-corrected chi connectivity index (χ4v) is 5.95. The highest BCUT2D eigenvalue weighted by molar-refractivity contribution is 5.70. The van der Waals surface area contributed by atoms with Crippen LogP contribution in [0.4, 0.5) is 0 Å². The molecule has 0 aliphatic rings. The highest BCUT2D eigenvalue weighted by Crippen LogP contribution is 2.13. The van der Waals surface area contributed by atoms with Gasteiger partial charge in [-0.2, -0.15) is 0 Å². The molecule has 0 fully saturated rings. The number of carboxylic acids is 1. The van der Waals surface area contributed by atoms with Crippen LogP contribution in [-0.4, -0.2) is 82.3 Å². The highest BCUT2D eigenvalue weighted by atomic mass is 16.7. The molecule has 9 nitrogen and oxygen atoms in total. The Morgan fingerprint density at radius 3 is 1.44 bits per heavy atom. The van der Waals surface area contributed by atoms with Crippen LogP contribution in [0, 0.1) is 0 Å². The van der Waals surface area contributed by atoms with Crippen molar-refractivity contribution < 1.29 is 42.9 Å². The molecule has 0 rings (SSSR count). The number of carbonyl (C=O) groups excluding carboxylic acids is 3. The summed E-state index contributed by atoms with van der Waals surface area (Å²) in [5, 5.41) is 11.7. The van der Waals surface area contributed by atoms with Crippen LogP contribution in [0.1, 0.15) is 168 Å². The van der Waals surface area contributed by atoms with Crippen molar-refractivity contribution in [3.8, 4) is 0 Å². The molecule has 61 heavy (non-hydrogen) atoms. The lowest BCUT2D eigenvalue weighted by atomic mass is 10.1. The lowest BCUT2D eigenvalue weighted by Gasteiger charge is -2.26. The van der Waals surface area contributed by atoms with Gasteiger partial charge in [0.05, 0.1) is 40.3 Å². The van der Waals surface area contributed by atoms with Crippen molar-refractivity contribution in [2.24, 2.45) is 0 Å². The van der Waals surface area contributed by atoms with Crippen molar-refractivity contribution in [1.29, 1.82) is 0 Å². The second-order valence-corrected chi connectivity index (χ2v) is 16.7. The molecule has 0 saturated heterocycles. The average Bonchev–Trinajstić information content (AvgIpc) is 3.22. The third-order valence-electron chi connectivity index (χ3n) is 9.63. The van der Waals surface area contributed by atoms with E-state index in [0.717, 1.165) is 70.6 Å². The van der Waals surface area contributed by atoms with Crippen molar-refractivity contribution in [2.75, 3.05) is 47.5 Å². The van der Waals surface area contributed by atoms with Crippen molar-refractivity contribution in [1.82, 2.24) is 0 Å². The molecule has 0 spiro atoms. The number of ether oxygens (including phenoxy) is 4. The van der Waals surface area contributed by atoms with E-state index in [-0.39, 0.29) is 38.6 Å². The summed E-state index contributed by atoms with van der Waals surface area (Å²) in [5.41, 5.74) is 0. The Labute approximate surface area is 372 Å². The summed E-state index contributed by atoms with van der Waals surface area (Å²) in [5.74, 6) is -2.38. The zero-order chi connectivity index (χ0) is 44.9. The number of esters is 2. The van der Waals surface area contributed by atoms with Crippen molar-refractivity contribution >= 4 is 17.9 Å². The number of hydrogen-bond donors (Lipinski definition) is 0. The van der Waals surface area contributed by atoms with E-state index in [9.17, 15) is 19.5 Å². The van der Waals surface area contributed by atoms with E-state index in [1.165, 1.54) is 57.8 Å². The molecular formula is C52H87NO8. The first-order valence-corrected chi connectivity index (χ1v) is 23.7. The molecule has 0 radical (unpaired) electrons. The van der Waals surface area contributed by atoms with Gasteiger partial charge >= 0.3 is 11.9 Å². The van der Waals surface area contributed by atoms with Gasteiger partial charge in [0.2, 0.25) is 0 Å². The molecule has 0 heterocycles. The minimum absolute atomic E-state index is 0.132. The lowest BCUT2D eigenvalue weighted by Crippen LogP contribution is -2.44. The standard InChI is InChI=1S/C52H87NO8/c1-6-8-10-12-14-16-18-20-22-24-25-27-28-30-32-34-36-38-40-42-49(54)59-46-48(47-60-52(51(56)57)58-45-44-53(3,4)5)61-50(55)43-41-39-37-35-33-31-29-26-23-21-19-17-15-13-11-9-7-2/h9,11,14-17,20-23,29,31,35,37,48,52H,6-8,10,12-13,18-19,24-28,30,32-34,36,38-47H2,1-5H3/b11-9-,16-14-,17-15-,22-20-,23-21-,31-29-,37-35-. The molecule has 9 heteroatoms. The number of carboxylic acid groups (broad SMARTS) is 1. The summed E-state index contributed by atoms with van der Waals surface area (Å²) in [6.45, 7) is 4.51. The number of rotatable bonds is 42. The fourth-order valence-electron chi connectivity index (χ4n) is 5.95. The molecule has 0 saturated carbocycles. The molecule has 0 aliphatic carbocycles. The van der Waals surface area contributed by atoms with Gasteiger partial charge in [0.25, 0.3) is 0 Å². The minimum atomic E-state index is -1.64. The van der Waals surface area contributed by atoms with Gasteiger partial charge in [0.1, 0.15) is 13.2 Å². The molecule has 0 amide bonds. The third kappa shape index (κ3) is 44.3. The maximum absolute atomic E-state index is 12.7. The smallest absolute Gasteiger partial charge is 0.306 e. The maximum Gasteiger partial charge on any atom is 0.306 e. The van der Waals surface area contributed by atoms with E-state index in [2.05, 4.69) is 92.8 Å². The predicted octanol–water partition coefficient (Wildman–Crippen LogP) is 11.6. The summed E-state index contributed by atoms with van der Waals surface area (Å²) < 4.78 is 22.5. The number of nitrogens with zero attached hydrogens (tertiary/aromatic N) is 1. The summed E-state index contributed by atoms with van der Waals surface area (Å²) >= 11 is 0. The molecule has 2 unspecified atom stereocenters. The number of likely N-dealkylation sites (N-methyl/N-ethyl adjacent to an activating group) is 1. The Morgan fingerprint density at radius 1 is 0.508 bits per heavy atom. The Hall–Kier alpha value is -3.53. The first kappa shape index (κ1) is 57.5. The number of allylic oxidation sites excluding steroid dienone is 14. The quantitative estimate of drug-likeness (QED) is 0.0196. The van der Waals surface area contributed by atoms with Crippen molar-refractivity contribution in [2.45, 2.75) is 180 Å². The van der Waals surface area contributed by atoms with E-state index < -0.39 is 24.3 Å². The molecule has 2 atom stereocenters. The first-order chi connectivity index (χ1) is 29.6. The van der Waals surface area contributed by atoms with Gasteiger partial charge in [0.15, 0.2) is 12.4 Å². The van der Waals surface area contributed by atoms with Crippen LogP contribution in [-0.2, 0) is 33.3 Å². The van der Waals surface area contributed by atoms with Crippen LogP contribution in [0.25, 0.3) is 0 Å². The van der Waals surface area contributed by atoms with Crippen LogP contribution >= 0.6 is 0 Å². The Bertz CT molecular complexity index is 1270. The van der Waals surface area contributed by atoms with Crippen LogP contribution in [0.15, 0.2) is 85.1 Å². The molecule has 0 aromatic rings. The summed E-state index contributed by atoms with van der Waals surface area (Å²) in [6, 6.07) is 0. The third-order valence-corrected chi connectivity index (χ3v) is 9.63. The number of unbranched alkanes of at least 4 members (excludes halogenated alkanes) is 13. The zero-order valence-electron chi connectivity index (χ0n) is 39.2. The highest BCUT2D eigenvalue weighted by Gasteiger charge is 2.21. The summed E-state index contributed by atoms with van der Waals surface area (Å²) in [6.07, 6.45) is 51.9. The van der Waals surface area contributed by atoms with Gasteiger partial charge in [-0.05, 0) is 83.5 Å². The second kappa shape index (κ2) is 43.1. The van der Waals surface area contributed by atoms with Crippen molar-refractivity contribution in [3.63, 3.8) is 0 Å². The monoisotopic (exact) mass is 854 g/mol. The number of aliphatic carboxylic acids is 1. The summed E-state index contributed by atoms with van der Waals surface area (Å²) in [7, 11) is 5.88. The lowest BCUT2D eigenvalue weighted by molar-refractivity contribution is -0.870. The normalized spacial score (nSPS) is 13.7. The molecule has 0 bridgehead atoms. The molecule has 348 valence electrons. The topological polar surface area (TPSA) is 111 Å². The second-order valence-electron chi connectivity index (χ2n) is 16.7. The Kier molecular flexibility index (Phi) is 40.6. The van der Waals surface area contributed by atoms with Gasteiger partial charge in [0, 0.05) is 12.8 Å². The van der Waals surface area contributed by atoms with Gasteiger partial charge in [-0.25, -0.2) is 0 Å². The number of hydrogen-bond acceptors (Lipinski definition) is 8. The first-order valence-electron chi connectivity index (χ1n) is 23.7. The molecule has 0 aromatic heterocycles. The van der Waals surface area contributed by atoms with E-state index in [0.29, 0.717) is 23.9 Å². The van der Waals surface area contributed by atoms with Crippen LogP contribution in [0.3, 0.4) is 0 Å². The minimum Gasteiger partial charge on any atom is -0.545 e. The van der Waals surface area contributed by atoms with E-state index >= 15 is 0 Å². The van der Waals surface area contributed by atoms with Crippen LogP contribution in [0.2, 0.25) is 0 Å².